The van der Waals surface area contributed by atoms with E-state index in [1.54, 1.807) is 20.8 Å². The first kappa shape index (κ1) is 14.5. The first-order valence-corrected chi connectivity index (χ1v) is 6.02. The minimum atomic E-state index is -1.23. The largest absolute Gasteiger partial charge is 0.465 e. The van der Waals surface area contributed by atoms with Crippen LogP contribution in [0.2, 0.25) is 0 Å². The summed E-state index contributed by atoms with van der Waals surface area (Å²) in [5, 5.41) is 11.1. The fourth-order valence-corrected chi connectivity index (χ4v) is 2.15. The molecule has 18 heavy (non-hydrogen) atoms. The molecular formula is C12H20N2O4. The third-order valence-corrected chi connectivity index (χ3v) is 3.12. The Morgan fingerprint density at radius 2 is 2.06 bits per heavy atom. The molecule has 1 aliphatic rings. The first-order valence-electron chi connectivity index (χ1n) is 6.02. The highest BCUT2D eigenvalue weighted by atomic mass is 16.4. The van der Waals surface area contributed by atoms with Gasteiger partial charge in [-0.05, 0) is 18.3 Å². The summed E-state index contributed by atoms with van der Waals surface area (Å²) in [4.78, 5) is 35.5. The maximum Gasteiger partial charge on any atom is 0.405 e. The van der Waals surface area contributed by atoms with Crippen molar-refractivity contribution < 1.29 is 19.5 Å². The van der Waals surface area contributed by atoms with Crippen LogP contribution in [0.3, 0.4) is 0 Å². The number of aldehydes is 1. The molecule has 2 N–H and O–H groups in total. The number of likely N-dealkylation sites (tertiary alicyclic amines) is 1. The predicted molar refractivity (Wildman–Crippen MR) is 65.2 cm³/mol. The van der Waals surface area contributed by atoms with Crippen molar-refractivity contribution in [3.63, 3.8) is 0 Å². The summed E-state index contributed by atoms with van der Waals surface area (Å²) in [5.41, 5.74) is -0.536. The van der Waals surface area contributed by atoms with Gasteiger partial charge < -0.3 is 20.1 Å². The van der Waals surface area contributed by atoms with Crippen LogP contribution in [0.5, 0.6) is 0 Å². The lowest BCUT2D eigenvalue weighted by molar-refractivity contribution is -0.138. The number of amides is 2. The lowest BCUT2D eigenvalue weighted by Gasteiger charge is -2.33. The molecule has 6 nitrogen and oxygen atoms in total. The summed E-state index contributed by atoms with van der Waals surface area (Å²) in [7, 11) is 0. The van der Waals surface area contributed by atoms with Gasteiger partial charge in [-0.15, -0.1) is 0 Å². The van der Waals surface area contributed by atoms with Crippen molar-refractivity contribution in [2.45, 2.75) is 45.7 Å². The van der Waals surface area contributed by atoms with E-state index in [9.17, 15) is 14.4 Å². The molecule has 0 saturated carbocycles. The Hall–Kier alpha value is -1.59. The Labute approximate surface area is 106 Å². The third kappa shape index (κ3) is 3.21. The smallest absolute Gasteiger partial charge is 0.405 e. The molecule has 1 heterocycles. The highest BCUT2D eigenvalue weighted by Gasteiger charge is 2.39. The van der Waals surface area contributed by atoms with Crippen molar-refractivity contribution >= 4 is 18.3 Å². The average Bonchev–Trinajstić information content (AvgIpc) is 2.71. The van der Waals surface area contributed by atoms with Gasteiger partial charge >= 0.3 is 6.09 Å². The molecule has 0 aliphatic carbocycles. The summed E-state index contributed by atoms with van der Waals surface area (Å²) in [6.07, 6.45) is 0.953. The second-order valence-corrected chi connectivity index (χ2v) is 5.63. The minimum absolute atomic E-state index is 0.320. The zero-order chi connectivity index (χ0) is 13.9. The molecule has 1 rings (SSSR count). The monoisotopic (exact) mass is 256 g/mol. The maximum atomic E-state index is 12.3. The summed E-state index contributed by atoms with van der Waals surface area (Å²) < 4.78 is 0. The fourth-order valence-electron chi connectivity index (χ4n) is 2.15. The molecule has 0 aromatic heterocycles. The molecule has 0 bridgehead atoms. The second-order valence-electron chi connectivity index (χ2n) is 5.63. The third-order valence-electron chi connectivity index (χ3n) is 3.12. The van der Waals surface area contributed by atoms with Gasteiger partial charge in [-0.3, -0.25) is 4.79 Å². The van der Waals surface area contributed by atoms with Gasteiger partial charge in [-0.2, -0.15) is 0 Å². The van der Waals surface area contributed by atoms with Gasteiger partial charge in [0.2, 0.25) is 5.91 Å². The topological polar surface area (TPSA) is 86.7 Å². The maximum absolute atomic E-state index is 12.3. The van der Waals surface area contributed by atoms with E-state index in [0.29, 0.717) is 13.0 Å². The highest BCUT2D eigenvalue weighted by molar-refractivity contribution is 5.88. The van der Waals surface area contributed by atoms with E-state index in [2.05, 4.69) is 5.32 Å². The number of carboxylic acid groups (broad SMARTS) is 1. The fraction of sp³-hybridized carbons (Fsp3) is 0.750. The first-order chi connectivity index (χ1) is 8.27. The van der Waals surface area contributed by atoms with Gasteiger partial charge in [0.15, 0.2) is 0 Å². The number of carbonyl (C=O) groups is 3. The lowest BCUT2D eigenvalue weighted by Crippen LogP contribution is -2.55. The molecule has 0 spiro atoms. The van der Waals surface area contributed by atoms with Gasteiger partial charge in [0, 0.05) is 6.54 Å². The summed E-state index contributed by atoms with van der Waals surface area (Å²) in [6, 6.07) is -1.26. The van der Waals surface area contributed by atoms with Crippen molar-refractivity contribution in [3.8, 4) is 0 Å². The van der Waals surface area contributed by atoms with Gasteiger partial charge in [-0.25, -0.2) is 4.79 Å². The molecule has 1 aliphatic heterocycles. The van der Waals surface area contributed by atoms with Gasteiger partial charge in [0.1, 0.15) is 12.3 Å². The Morgan fingerprint density at radius 3 is 2.50 bits per heavy atom. The van der Waals surface area contributed by atoms with Gasteiger partial charge in [0.05, 0.1) is 6.04 Å². The molecule has 0 aromatic carbocycles. The second kappa shape index (κ2) is 5.37. The molecule has 0 unspecified atom stereocenters. The standard InChI is InChI=1S/C12H20N2O4/c1-12(2,3)9(13-11(17)18)10(16)14-6-4-5-8(14)7-15/h7-9,13H,4-6H2,1-3H3,(H,17,18)/t8-,9+/m0/s1. The van der Waals surface area contributed by atoms with Crippen LogP contribution in [-0.4, -0.2) is 46.9 Å². The van der Waals surface area contributed by atoms with E-state index in [1.807, 2.05) is 0 Å². The zero-order valence-corrected chi connectivity index (χ0v) is 11.0. The Kier molecular flexibility index (Phi) is 4.32. The SMILES string of the molecule is CC(C)(C)[C@H](NC(=O)O)C(=O)N1CCC[C@H]1C=O. The van der Waals surface area contributed by atoms with Crippen molar-refractivity contribution in [2.75, 3.05) is 6.54 Å². The highest BCUT2D eigenvalue weighted by Crippen LogP contribution is 2.24. The Bertz CT molecular complexity index is 348. The van der Waals surface area contributed by atoms with Crippen molar-refractivity contribution in [2.24, 2.45) is 5.41 Å². The van der Waals surface area contributed by atoms with E-state index < -0.39 is 23.6 Å². The van der Waals surface area contributed by atoms with Crippen LogP contribution in [0.25, 0.3) is 0 Å². The lowest BCUT2D eigenvalue weighted by atomic mass is 9.85. The zero-order valence-electron chi connectivity index (χ0n) is 11.0. The number of rotatable bonds is 3. The number of carbonyl (C=O) groups excluding carboxylic acids is 2. The van der Waals surface area contributed by atoms with E-state index in [1.165, 1.54) is 4.90 Å². The van der Waals surface area contributed by atoms with Crippen molar-refractivity contribution in [1.29, 1.82) is 0 Å². The Morgan fingerprint density at radius 1 is 1.44 bits per heavy atom. The predicted octanol–water partition coefficient (Wildman–Crippen LogP) is 0.859. The number of nitrogens with one attached hydrogen (secondary N) is 1. The molecular weight excluding hydrogens is 236 g/mol. The van der Waals surface area contributed by atoms with Gasteiger partial charge in [-0.1, -0.05) is 20.8 Å². The summed E-state index contributed by atoms with van der Waals surface area (Å²) >= 11 is 0. The molecule has 0 radical (unpaired) electrons. The number of hydrogen-bond donors (Lipinski definition) is 2. The van der Waals surface area contributed by atoms with E-state index >= 15 is 0 Å². The van der Waals surface area contributed by atoms with Crippen molar-refractivity contribution in [1.82, 2.24) is 10.2 Å². The minimum Gasteiger partial charge on any atom is -0.465 e. The van der Waals surface area contributed by atoms with Crippen LogP contribution < -0.4 is 5.32 Å². The van der Waals surface area contributed by atoms with Crippen LogP contribution in [0, 0.1) is 5.41 Å². The molecule has 102 valence electrons. The van der Waals surface area contributed by atoms with Crippen molar-refractivity contribution in [3.05, 3.63) is 0 Å². The normalized spacial score (nSPS) is 21.5. The summed E-state index contributed by atoms with van der Waals surface area (Å²) in [5.74, 6) is -0.320. The quantitative estimate of drug-likeness (QED) is 0.733. The summed E-state index contributed by atoms with van der Waals surface area (Å²) in [6.45, 7) is 5.88. The van der Waals surface area contributed by atoms with Crippen LogP contribution in [0.4, 0.5) is 4.79 Å². The van der Waals surface area contributed by atoms with Crippen LogP contribution in [-0.2, 0) is 9.59 Å². The molecule has 1 saturated heterocycles. The van der Waals surface area contributed by atoms with Crippen LogP contribution in [0.1, 0.15) is 33.6 Å². The molecule has 0 aromatic rings. The van der Waals surface area contributed by atoms with E-state index in [4.69, 9.17) is 5.11 Å². The molecule has 2 atom stereocenters. The van der Waals surface area contributed by atoms with Gasteiger partial charge in [0.25, 0.3) is 0 Å². The number of hydrogen-bond acceptors (Lipinski definition) is 3. The Balaban J connectivity index is 2.88. The number of nitrogens with zero attached hydrogens (tertiary/aromatic N) is 1. The molecule has 6 heteroatoms. The average molecular weight is 256 g/mol. The van der Waals surface area contributed by atoms with E-state index in [0.717, 1.165) is 12.7 Å². The molecule has 1 fully saturated rings. The van der Waals surface area contributed by atoms with E-state index in [-0.39, 0.29) is 5.91 Å². The molecule has 2 amide bonds. The van der Waals surface area contributed by atoms with Crippen LogP contribution >= 0.6 is 0 Å². The van der Waals surface area contributed by atoms with Crippen LogP contribution in [0.15, 0.2) is 0 Å².